The number of unbranched alkanes of at least 4 members (excludes halogenated alkanes) is 1. The summed E-state index contributed by atoms with van der Waals surface area (Å²) in [5, 5.41) is 14.4. The molecule has 17 nitrogen and oxygen atoms in total. The standard InChI is InChI=1S/C32H58N12O5/c33-16-8-7-14-23(29(34)47)41-30(48)24(18-21-10-3-1-4-11-21)40-28(46)20-26(43-32(35)36)42-31(49)25(19-22-12-5-2-6-13-22)39-27(45)15-9-17-38-44-37/h21-26H,1-20,33H2,(H2,34,47)(H,39,45)(H,40,46)(H,41,48)(H,42,49)(H4,35,36,43)/t23-,24-,25?,26?/m1/s1. The molecule has 2 aliphatic rings. The second-order valence-electron chi connectivity index (χ2n) is 13.3. The summed E-state index contributed by atoms with van der Waals surface area (Å²) in [4.78, 5) is 72.1. The van der Waals surface area contributed by atoms with Gasteiger partial charge in [-0.1, -0.05) is 69.3 Å². The van der Waals surface area contributed by atoms with Crippen LogP contribution in [0.5, 0.6) is 0 Å². The number of nitrogens with two attached hydrogens (primary N) is 4. The van der Waals surface area contributed by atoms with E-state index in [4.69, 9.17) is 28.5 Å². The van der Waals surface area contributed by atoms with Gasteiger partial charge >= 0.3 is 0 Å². The quantitative estimate of drug-likeness (QED) is 0.0203. The fourth-order valence-electron chi connectivity index (χ4n) is 6.65. The smallest absolute Gasteiger partial charge is 0.244 e. The van der Waals surface area contributed by atoms with Gasteiger partial charge in [0.05, 0.1) is 6.42 Å². The maximum Gasteiger partial charge on any atom is 0.244 e. The van der Waals surface area contributed by atoms with E-state index in [0.29, 0.717) is 45.1 Å². The predicted octanol–water partition coefficient (Wildman–Crippen LogP) is 1.19. The highest BCUT2D eigenvalue weighted by Gasteiger charge is 2.31. The molecule has 0 saturated heterocycles. The Morgan fingerprint density at radius 2 is 1.27 bits per heavy atom. The van der Waals surface area contributed by atoms with Crippen LogP contribution < -0.4 is 44.2 Å². The molecule has 2 rings (SSSR count). The first-order valence-corrected chi connectivity index (χ1v) is 17.8. The Bertz CT molecular complexity index is 1150. The van der Waals surface area contributed by atoms with Crippen molar-refractivity contribution in [2.75, 3.05) is 13.1 Å². The van der Waals surface area contributed by atoms with Crippen molar-refractivity contribution in [2.24, 2.45) is 44.9 Å². The number of nitrogens with one attached hydrogen (secondary N) is 4. The summed E-state index contributed by atoms with van der Waals surface area (Å²) in [6, 6.07) is -2.76. The van der Waals surface area contributed by atoms with Crippen LogP contribution in [-0.2, 0) is 24.0 Å². The molecule has 5 amide bonds. The molecular weight excluding hydrogens is 632 g/mol. The number of hydrogen-bond acceptors (Lipinski definition) is 8. The second-order valence-corrected chi connectivity index (χ2v) is 13.3. The monoisotopic (exact) mass is 690 g/mol. The Morgan fingerprint density at radius 1 is 0.714 bits per heavy atom. The molecule has 0 aromatic rings. The predicted molar refractivity (Wildman–Crippen MR) is 186 cm³/mol. The third-order valence-electron chi connectivity index (χ3n) is 9.22. The van der Waals surface area contributed by atoms with Crippen molar-refractivity contribution in [1.29, 1.82) is 0 Å². The first-order chi connectivity index (χ1) is 23.5. The molecule has 12 N–H and O–H groups in total. The molecule has 0 radical (unpaired) electrons. The summed E-state index contributed by atoms with van der Waals surface area (Å²) < 4.78 is 0. The number of rotatable bonds is 22. The average Bonchev–Trinajstić information content (AvgIpc) is 3.06. The number of guanidine groups is 1. The van der Waals surface area contributed by atoms with Crippen LogP contribution in [0.1, 0.15) is 116 Å². The van der Waals surface area contributed by atoms with Gasteiger partial charge in [-0.25, -0.2) is 4.99 Å². The number of nitrogens with zero attached hydrogens (tertiary/aromatic N) is 4. The lowest BCUT2D eigenvalue weighted by Gasteiger charge is -2.29. The van der Waals surface area contributed by atoms with Gasteiger partial charge in [0.25, 0.3) is 0 Å². The van der Waals surface area contributed by atoms with Gasteiger partial charge in [0.15, 0.2) is 5.96 Å². The zero-order chi connectivity index (χ0) is 36.0. The van der Waals surface area contributed by atoms with Gasteiger partial charge in [0.2, 0.25) is 29.5 Å². The molecule has 17 heteroatoms. The average molecular weight is 691 g/mol. The van der Waals surface area contributed by atoms with E-state index < -0.39 is 47.9 Å². The molecule has 2 unspecified atom stereocenters. The minimum absolute atomic E-state index is 0.0707. The van der Waals surface area contributed by atoms with Crippen LogP contribution in [0.3, 0.4) is 0 Å². The summed E-state index contributed by atoms with van der Waals surface area (Å²) in [5.74, 6) is -2.61. The maximum atomic E-state index is 13.6. The van der Waals surface area contributed by atoms with Crippen molar-refractivity contribution < 1.29 is 24.0 Å². The normalized spacial score (nSPS) is 17.7. The Balaban J connectivity index is 2.16. The molecule has 0 aromatic heterocycles. The van der Waals surface area contributed by atoms with Crippen molar-refractivity contribution in [3.8, 4) is 0 Å². The molecule has 0 aliphatic heterocycles. The van der Waals surface area contributed by atoms with E-state index >= 15 is 0 Å². The molecule has 0 spiro atoms. The fourth-order valence-corrected chi connectivity index (χ4v) is 6.65. The lowest BCUT2D eigenvalue weighted by molar-refractivity contribution is -0.132. The minimum atomic E-state index is -1.18. The highest BCUT2D eigenvalue weighted by atomic mass is 16.2. The topological polar surface area (TPSA) is 299 Å². The third kappa shape index (κ3) is 17.2. The van der Waals surface area contributed by atoms with Gasteiger partial charge in [-0.05, 0) is 62.4 Å². The van der Waals surface area contributed by atoms with Crippen molar-refractivity contribution in [3.05, 3.63) is 10.4 Å². The minimum Gasteiger partial charge on any atom is -0.370 e. The molecular formula is C32H58N12O5. The van der Waals surface area contributed by atoms with Gasteiger partial charge in [-0.15, -0.1) is 0 Å². The van der Waals surface area contributed by atoms with Crippen LogP contribution in [0.4, 0.5) is 0 Å². The largest absolute Gasteiger partial charge is 0.370 e. The van der Waals surface area contributed by atoms with Crippen molar-refractivity contribution >= 4 is 35.5 Å². The highest BCUT2D eigenvalue weighted by molar-refractivity contribution is 5.92. The fraction of sp³-hybridized carbons (Fsp3) is 0.812. The van der Waals surface area contributed by atoms with Crippen LogP contribution >= 0.6 is 0 Å². The van der Waals surface area contributed by atoms with Crippen LogP contribution in [-0.4, -0.2) is 72.9 Å². The second kappa shape index (κ2) is 23.3. The molecule has 2 fully saturated rings. The third-order valence-corrected chi connectivity index (χ3v) is 9.22. The molecule has 0 heterocycles. The zero-order valence-corrected chi connectivity index (χ0v) is 28.7. The van der Waals surface area contributed by atoms with Gasteiger partial charge in [0.1, 0.15) is 24.3 Å². The molecule has 0 aromatic carbocycles. The van der Waals surface area contributed by atoms with E-state index in [2.05, 4.69) is 36.3 Å². The number of primary amides is 1. The number of aliphatic imine (C=N–C) groups is 1. The maximum absolute atomic E-state index is 13.6. The van der Waals surface area contributed by atoms with Crippen LogP contribution in [0, 0.1) is 11.8 Å². The Morgan fingerprint density at radius 3 is 1.78 bits per heavy atom. The van der Waals surface area contributed by atoms with Crippen LogP contribution in [0.25, 0.3) is 10.4 Å². The number of carbonyl (C=O) groups excluding carboxylic acids is 5. The Labute approximate surface area is 288 Å². The summed E-state index contributed by atoms with van der Waals surface area (Å²) in [6.45, 7) is 0.599. The molecule has 0 bridgehead atoms. The number of azide groups is 1. The van der Waals surface area contributed by atoms with Crippen molar-refractivity contribution in [2.45, 2.75) is 140 Å². The molecule has 4 atom stereocenters. The van der Waals surface area contributed by atoms with E-state index in [9.17, 15) is 24.0 Å². The van der Waals surface area contributed by atoms with Gasteiger partial charge < -0.3 is 44.2 Å². The van der Waals surface area contributed by atoms with E-state index in [1.807, 2.05) is 0 Å². The summed E-state index contributed by atoms with van der Waals surface area (Å²) in [7, 11) is 0. The number of hydrogen-bond donors (Lipinski definition) is 8. The van der Waals surface area contributed by atoms with Crippen molar-refractivity contribution in [1.82, 2.24) is 21.3 Å². The summed E-state index contributed by atoms with van der Waals surface area (Å²) >= 11 is 0. The first kappa shape index (κ1) is 41.1. The van der Waals surface area contributed by atoms with E-state index in [0.717, 1.165) is 64.2 Å². The first-order valence-electron chi connectivity index (χ1n) is 17.8. The van der Waals surface area contributed by atoms with Crippen molar-refractivity contribution in [3.63, 3.8) is 0 Å². The lowest BCUT2D eigenvalue weighted by atomic mass is 9.84. The molecule has 276 valence electrons. The highest BCUT2D eigenvalue weighted by Crippen LogP contribution is 2.28. The van der Waals surface area contributed by atoms with Gasteiger partial charge in [-0.3, -0.25) is 24.0 Å². The Kier molecular flexibility index (Phi) is 19.5. The van der Waals surface area contributed by atoms with E-state index in [1.54, 1.807) is 0 Å². The summed E-state index contributed by atoms with van der Waals surface area (Å²) in [6.07, 6.45) is 11.3. The summed E-state index contributed by atoms with van der Waals surface area (Å²) in [5.41, 5.74) is 31.0. The van der Waals surface area contributed by atoms with Crippen LogP contribution in [0.2, 0.25) is 0 Å². The molecule has 2 saturated carbocycles. The molecule has 2 aliphatic carbocycles. The SMILES string of the molecule is [N-]=[N+]=NCCCC(=O)NC(CC1CCCCC1)C(=O)NC(CC(=O)N[C@H](CC1CCCCC1)C(=O)N[C@H](CCCCN)C(N)=O)N=C(N)N. The Hall–Kier alpha value is -4.11. The van der Waals surface area contributed by atoms with Gasteiger partial charge in [0, 0.05) is 17.9 Å². The zero-order valence-electron chi connectivity index (χ0n) is 28.7. The lowest BCUT2D eigenvalue weighted by Crippen LogP contribution is -2.54. The number of carbonyl (C=O) groups is 5. The molecule has 49 heavy (non-hydrogen) atoms. The van der Waals surface area contributed by atoms with Crippen LogP contribution in [0.15, 0.2) is 10.1 Å². The van der Waals surface area contributed by atoms with Gasteiger partial charge in [-0.2, -0.15) is 0 Å². The number of amides is 5. The van der Waals surface area contributed by atoms with E-state index in [-0.39, 0.29) is 43.1 Å². The van der Waals surface area contributed by atoms with E-state index in [1.165, 1.54) is 0 Å².